The Labute approximate surface area is 175 Å². The van der Waals surface area contributed by atoms with Crippen molar-refractivity contribution in [2.24, 2.45) is 0 Å². The number of amides is 1. The molecular formula is C17H21BrN6O5. The first-order chi connectivity index (χ1) is 14.0. The zero-order valence-electron chi connectivity index (χ0n) is 15.9. The van der Waals surface area contributed by atoms with E-state index in [1.165, 1.54) is 20.5 Å². The largest absolute Gasteiger partial charge is 0.383 e. The maximum absolute atomic E-state index is 12.3. The standard InChI is InChI=1S/C17H21BrN6O5/c1-28-9-7-23(8-10-29-2)16-14(24(26)27)15(19-11-20-16)21-22-17(25)12-3-5-13(18)6-4-12/h3-6,11H,7-10H2,1-2H3,(H,22,25)(H,19,20,21). The predicted octanol–water partition coefficient (Wildman–Crippen LogP) is 2.00. The van der Waals surface area contributed by atoms with Gasteiger partial charge in [0.2, 0.25) is 11.6 Å². The quantitative estimate of drug-likeness (QED) is 0.375. The molecule has 1 amide bonds. The summed E-state index contributed by atoms with van der Waals surface area (Å²) in [5.74, 6) is -0.507. The number of aromatic nitrogens is 2. The Morgan fingerprint density at radius 1 is 1.17 bits per heavy atom. The van der Waals surface area contributed by atoms with Crippen LogP contribution in [0.2, 0.25) is 0 Å². The van der Waals surface area contributed by atoms with Crippen LogP contribution in [0, 0.1) is 10.1 Å². The number of nitrogens with one attached hydrogen (secondary N) is 2. The van der Waals surface area contributed by atoms with E-state index in [2.05, 4.69) is 36.7 Å². The van der Waals surface area contributed by atoms with Crippen LogP contribution in [-0.4, -0.2) is 61.3 Å². The van der Waals surface area contributed by atoms with Gasteiger partial charge in [-0.2, -0.15) is 0 Å². The minimum Gasteiger partial charge on any atom is -0.383 e. The lowest BCUT2D eigenvalue weighted by Crippen LogP contribution is -2.33. The second-order valence-electron chi connectivity index (χ2n) is 5.71. The Kier molecular flexibility index (Phi) is 8.70. The summed E-state index contributed by atoms with van der Waals surface area (Å²) in [4.78, 5) is 33.0. The Hall–Kier alpha value is -2.83. The van der Waals surface area contributed by atoms with Crippen molar-refractivity contribution in [2.45, 2.75) is 0 Å². The number of rotatable bonds is 11. The van der Waals surface area contributed by atoms with Crippen LogP contribution in [-0.2, 0) is 9.47 Å². The molecule has 0 bridgehead atoms. The number of anilines is 2. The van der Waals surface area contributed by atoms with E-state index in [0.29, 0.717) is 31.9 Å². The average molecular weight is 469 g/mol. The van der Waals surface area contributed by atoms with Crippen LogP contribution in [0.4, 0.5) is 17.3 Å². The molecule has 2 rings (SSSR count). The molecule has 2 aromatic rings. The van der Waals surface area contributed by atoms with Gasteiger partial charge >= 0.3 is 5.69 Å². The van der Waals surface area contributed by atoms with E-state index in [1.54, 1.807) is 29.2 Å². The first-order valence-corrected chi connectivity index (χ1v) is 9.31. The number of nitro groups is 1. The number of carbonyl (C=O) groups excluding carboxylic acids is 1. The molecule has 0 unspecified atom stereocenters. The first-order valence-electron chi connectivity index (χ1n) is 8.52. The summed E-state index contributed by atoms with van der Waals surface area (Å²) < 4.78 is 11.0. The zero-order chi connectivity index (χ0) is 21.2. The molecule has 1 aromatic carbocycles. The Bertz CT molecular complexity index is 828. The van der Waals surface area contributed by atoms with E-state index in [4.69, 9.17) is 9.47 Å². The average Bonchev–Trinajstić information content (AvgIpc) is 2.72. The van der Waals surface area contributed by atoms with Crippen molar-refractivity contribution < 1.29 is 19.2 Å². The molecule has 0 aliphatic carbocycles. The molecule has 1 heterocycles. The molecule has 29 heavy (non-hydrogen) atoms. The minimum absolute atomic E-state index is 0.0968. The molecular weight excluding hydrogens is 448 g/mol. The first kappa shape index (κ1) is 22.5. The van der Waals surface area contributed by atoms with Gasteiger partial charge in [0.1, 0.15) is 6.33 Å². The van der Waals surface area contributed by atoms with Crippen LogP contribution in [0.15, 0.2) is 35.1 Å². The topological polar surface area (TPSA) is 132 Å². The summed E-state index contributed by atoms with van der Waals surface area (Å²) in [7, 11) is 3.07. The second kappa shape index (κ2) is 11.2. The Balaban J connectivity index is 2.25. The molecule has 0 spiro atoms. The SMILES string of the molecule is COCCN(CCOC)c1ncnc(NNC(=O)c2ccc(Br)cc2)c1[N+](=O)[O-]. The number of nitrogens with zero attached hydrogens (tertiary/aromatic N) is 4. The number of benzene rings is 1. The molecule has 156 valence electrons. The highest BCUT2D eigenvalue weighted by Gasteiger charge is 2.27. The molecule has 0 saturated heterocycles. The number of hydrogen-bond acceptors (Lipinski definition) is 9. The van der Waals surface area contributed by atoms with Gasteiger partial charge in [-0.3, -0.25) is 25.8 Å². The van der Waals surface area contributed by atoms with Gasteiger partial charge in [-0.1, -0.05) is 15.9 Å². The number of ether oxygens (including phenoxy) is 2. The van der Waals surface area contributed by atoms with Crippen LogP contribution >= 0.6 is 15.9 Å². The summed E-state index contributed by atoms with van der Waals surface area (Å²) in [5.41, 5.74) is 4.95. The van der Waals surface area contributed by atoms with E-state index in [1.807, 2.05) is 0 Å². The third-order valence-corrected chi connectivity index (χ3v) is 4.35. The van der Waals surface area contributed by atoms with Gasteiger partial charge in [-0.15, -0.1) is 0 Å². The van der Waals surface area contributed by atoms with Crippen molar-refractivity contribution in [1.29, 1.82) is 0 Å². The maximum Gasteiger partial charge on any atom is 0.355 e. The van der Waals surface area contributed by atoms with Crippen molar-refractivity contribution in [3.63, 3.8) is 0 Å². The third-order valence-electron chi connectivity index (χ3n) is 3.82. The highest BCUT2D eigenvalue weighted by molar-refractivity contribution is 9.10. The number of hydrazine groups is 1. The van der Waals surface area contributed by atoms with Crippen molar-refractivity contribution in [3.05, 3.63) is 50.7 Å². The van der Waals surface area contributed by atoms with Crippen LogP contribution in [0.5, 0.6) is 0 Å². The van der Waals surface area contributed by atoms with Gasteiger partial charge in [0, 0.05) is 37.3 Å². The highest BCUT2D eigenvalue weighted by atomic mass is 79.9. The van der Waals surface area contributed by atoms with E-state index < -0.39 is 10.8 Å². The zero-order valence-corrected chi connectivity index (χ0v) is 17.5. The molecule has 2 N–H and O–H groups in total. The van der Waals surface area contributed by atoms with Gasteiger partial charge in [0.25, 0.3) is 5.91 Å². The van der Waals surface area contributed by atoms with Crippen molar-refractivity contribution >= 4 is 39.2 Å². The van der Waals surface area contributed by atoms with Crippen LogP contribution in [0.25, 0.3) is 0 Å². The lowest BCUT2D eigenvalue weighted by molar-refractivity contribution is -0.383. The Morgan fingerprint density at radius 3 is 2.34 bits per heavy atom. The number of hydrogen-bond donors (Lipinski definition) is 2. The third kappa shape index (κ3) is 6.34. The predicted molar refractivity (Wildman–Crippen MR) is 110 cm³/mol. The molecule has 0 atom stereocenters. The van der Waals surface area contributed by atoms with E-state index in [9.17, 15) is 14.9 Å². The van der Waals surface area contributed by atoms with E-state index >= 15 is 0 Å². The lowest BCUT2D eigenvalue weighted by atomic mass is 10.2. The summed E-state index contributed by atoms with van der Waals surface area (Å²) in [6.45, 7) is 1.41. The van der Waals surface area contributed by atoms with Crippen molar-refractivity contribution in [2.75, 3.05) is 50.8 Å². The van der Waals surface area contributed by atoms with Crippen LogP contribution in [0.3, 0.4) is 0 Å². The molecule has 0 aliphatic heterocycles. The molecule has 0 saturated carbocycles. The van der Waals surface area contributed by atoms with E-state index in [0.717, 1.165) is 4.47 Å². The normalized spacial score (nSPS) is 10.4. The summed E-state index contributed by atoms with van der Waals surface area (Å²) in [6.07, 6.45) is 1.18. The summed E-state index contributed by atoms with van der Waals surface area (Å²) >= 11 is 3.29. The molecule has 0 fully saturated rings. The summed E-state index contributed by atoms with van der Waals surface area (Å²) in [6, 6.07) is 6.64. The second-order valence-corrected chi connectivity index (χ2v) is 6.63. The van der Waals surface area contributed by atoms with Gasteiger partial charge < -0.3 is 14.4 Å². The smallest absolute Gasteiger partial charge is 0.355 e. The maximum atomic E-state index is 12.3. The van der Waals surface area contributed by atoms with Gasteiger partial charge in [-0.05, 0) is 24.3 Å². The fourth-order valence-electron chi connectivity index (χ4n) is 2.38. The number of halogens is 1. The minimum atomic E-state index is -0.601. The molecule has 1 aromatic heterocycles. The number of carbonyl (C=O) groups is 1. The molecule has 0 radical (unpaired) electrons. The van der Waals surface area contributed by atoms with Gasteiger partial charge in [-0.25, -0.2) is 9.97 Å². The molecule has 11 nitrogen and oxygen atoms in total. The highest BCUT2D eigenvalue weighted by Crippen LogP contribution is 2.31. The van der Waals surface area contributed by atoms with Gasteiger partial charge in [0.15, 0.2) is 0 Å². The van der Waals surface area contributed by atoms with Crippen molar-refractivity contribution in [1.82, 2.24) is 15.4 Å². The van der Waals surface area contributed by atoms with Gasteiger partial charge in [0.05, 0.1) is 18.1 Å². The Morgan fingerprint density at radius 2 is 1.79 bits per heavy atom. The lowest BCUT2D eigenvalue weighted by Gasteiger charge is -2.23. The van der Waals surface area contributed by atoms with Crippen LogP contribution < -0.4 is 15.8 Å². The summed E-state index contributed by atoms with van der Waals surface area (Å²) in [5, 5.41) is 11.7. The number of methoxy groups -OCH3 is 2. The monoisotopic (exact) mass is 468 g/mol. The molecule has 12 heteroatoms. The van der Waals surface area contributed by atoms with E-state index in [-0.39, 0.29) is 17.3 Å². The van der Waals surface area contributed by atoms with Crippen LogP contribution in [0.1, 0.15) is 10.4 Å². The molecule has 0 aliphatic rings. The fourth-order valence-corrected chi connectivity index (χ4v) is 2.64. The van der Waals surface area contributed by atoms with Crippen molar-refractivity contribution in [3.8, 4) is 0 Å². The fraction of sp³-hybridized carbons (Fsp3) is 0.353.